The fourth-order valence-electron chi connectivity index (χ4n) is 3.58. The molecule has 1 aliphatic carbocycles. The smallest absolute Gasteiger partial charge is 0.270 e. The van der Waals surface area contributed by atoms with Crippen molar-refractivity contribution in [2.75, 3.05) is 0 Å². The van der Waals surface area contributed by atoms with Gasteiger partial charge in [0.1, 0.15) is 17.1 Å². The van der Waals surface area contributed by atoms with Crippen LogP contribution in [0, 0.1) is 5.82 Å². The lowest BCUT2D eigenvalue weighted by molar-refractivity contribution is 0.0925. The number of aromatic nitrogens is 3. The highest BCUT2D eigenvalue weighted by Gasteiger charge is 2.26. The fourth-order valence-corrected chi connectivity index (χ4v) is 3.58. The highest BCUT2D eigenvalue weighted by atomic mass is 19.1. The lowest BCUT2D eigenvalue weighted by atomic mass is 9.90. The summed E-state index contributed by atoms with van der Waals surface area (Å²) >= 11 is 0. The number of carbonyl (C=O) groups excluding carboxylic acids is 2. The molecule has 4 N–H and O–H groups in total. The topological polar surface area (TPSA) is 123 Å². The van der Waals surface area contributed by atoms with Crippen LogP contribution in [0.2, 0.25) is 0 Å². The van der Waals surface area contributed by atoms with E-state index in [2.05, 4.69) is 15.3 Å². The van der Waals surface area contributed by atoms with E-state index in [9.17, 15) is 18.8 Å². The lowest BCUT2D eigenvalue weighted by Gasteiger charge is -2.26. The van der Waals surface area contributed by atoms with Crippen molar-refractivity contribution < 1.29 is 14.0 Å². The molecule has 0 bridgehead atoms. The maximum absolute atomic E-state index is 13.2. The zero-order valence-electron chi connectivity index (χ0n) is 15.3. The third-order valence-electron chi connectivity index (χ3n) is 5.00. The predicted octanol–water partition coefficient (Wildman–Crippen LogP) is 1.61. The molecule has 0 radical (unpaired) electrons. The molecule has 2 heterocycles. The predicted molar refractivity (Wildman–Crippen MR) is 102 cm³/mol. The van der Waals surface area contributed by atoms with E-state index >= 15 is 0 Å². The minimum Gasteiger partial charge on any atom is -0.365 e. The SMILES string of the molecule is NC(=O)c1cc2c([nH]c1=O)CCCC2NC(=O)c1cncn1-c1ccc(F)cc1. The average Bonchev–Trinajstić information content (AvgIpc) is 3.18. The van der Waals surface area contributed by atoms with Gasteiger partial charge in [-0.05, 0) is 55.2 Å². The van der Waals surface area contributed by atoms with Gasteiger partial charge >= 0.3 is 0 Å². The molecule has 3 aromatic rings. The molecule has 9 heteroatoms. The first-order valence-corrected chi connectivity index (χ1v) is 9.09. The van der Waals surface area contributed by atoms with Crippen LogP contribution in [-0.4, -0.2) is 26.3 Å². The average molecular weight is 395 g/mol. The molecule has 148 valence electrons. The van der Waals surface area contributed by atoms with Crippen LogP contribution in [-0.2, 0) is 6.42 Å². The zero-order chi connectivity index (χ0) is 20.5. The van der Waals surface area contributed by atoms with Crippen molar-refractivity contribution in [3.63, 3.8) is 0 Å². The Hall–Kier alpha value is -3.75. The van der Waals surface area contributed by atoms with E-state index in [-0.39, 0.29) is 23.0 Å². The largest absolute Gasteiger partial charge is 0.365 e. The quantitative estimate of drug-likeness (QED) is 0.621. The summed E-state index contributed by atoms with van der Waals surface area (Å²) in [5, 5.41) is 2.94. The van der Waals surface area contributed by atoms with Crippen molar-refractivity contribution in [2.24, 2.45) is 5.73 Å². The third kappa shape index (κ3) is 3.54. The number of hydrogen-bond donors (Lipinski definition) is 3. The van der Waals surface area contributed by atoms with Crippen molar-refractivity contribution in [3.8, 4) is 5.69 Å². The number of nitrogens with two attached hydrogens (primary N) is 1. The Bertz CT molecular complexity index is 1150. The van der Waals surface area contributed by atoms with Crippen molar-refractivity contribution >= 4 is 11.8 Å². The molecule has 29 heavy (non-hydrogen) atoms. The van der Waals surface area contributed by atoms with Gasteiger partial charge in [0.2, 0.25) is 0 Å². The highest BCUT2D eigenvalue weighted by Crippen LogP contribution is 2.28. The maximum Gasteiger partial charge on any atom is 0.270 e. The number of primary amides is 1. The van der Waals surface area contributed by atoms with E-state index in [0.29, 0.717) is 29.8 Å². The summed E-state index contributed by atoms with van der Waals surface area (Å²) in [6.45, 7) is 0. The summed E-state index contributed by atoms with van der Waals surface area (Å²) in [5.41, 5.74) is 6.85. The Morgan fingerprint density at radius 1 is 1.28 bits per heavy atom. The molecule has 1 atom stereocenters. The van der Waals surface area contributed by atoms with Crippen molar-refractivity contribution in [2.45, 2.75) is 25.3 Å². The van der Waals surface area contributed by atoms with Crippen LogP contribution >= 0.6 is 0 Å². The van der Waals surface area contributed by atoms with Crippen LogP contribution in [0.5, 0.6) is 0 Å². The number of aromatic amines is 1. The van der Waals surface area contributed by atoms with Crippen molar-refractivity contribution in [1.82, 2.24) is 19.9 Å². The Morgan fingerprint density at radius 3 is 2.76 bits per heavy atom. The molecule has 0 spiro atoms. The number of nitrogens with zero attached hydrogens (tertiary/aromatic N) is 2. The highest BCUT2D eigenvalue weighted by molar-refractivity contribution is 5.94. The Morgan fingerprint density at radius 2 is 2.03 bits per heavy atom. The second-order valence-corrected chi connectivity index (χ2v) is 6.85. The number of aryl methyl sites for hydroxylation is 1. The standard InChI is InChI=1S/C20H18FN5O3/c21-11-4-6-12(7-5-11)26-10-23-9-17(26)20(29)25-16-3-1-2-15-13(16)8-14(18(22)27)19(28)24-15/h4-10,16H,1-3H2,(H2,22,27)(H,24,28)(H,25,29). The monoisotopic (exact) mass is 395 g/mol. The van der Waals surface area contributed by atoms with Crippen LogP contribution in [0.1, 0.15) is 51.0 Å². The summed E-state index contributed by atoms with van der Waals surface area (Å²) in [5.74, 6) is -1.58. The summed E-state index contributed by atoms with van der Waals surface area (Å²) in [6, 6.07) is 6.77. The Labute approximate surface area is 164 Å². The van der Waals surface area contributed by atoms with Gasteiger partial charge in [-0.1, -0.05) is 0 Å². The van der Waals surface area contributed by atoms with E-state index in [1.54, 1.807) is 16.7 Å². The summed E-state index contributed by atoms with van der Waals surface area (Å²) in [7, 11) is 0. The minimum atomic E-state index is -0.820. The van der Waals surface area contributed by atoms with Gasteiger partial charge < -0.3 is 16.0 Å². The molecule has 2 amide bonds. The van der Waals surface area contributed by atoms with Gasteiger partial charge in [-0.25, -0.2) is 9.37 Å². The number of H-pyrrole nitrogens is 1. The van der Waals surface area contributed by atoms with Gasteiger partial charge in [-0.3, -0.25) is 19.0 Å². The first kappa shape index (κ1) is 18.6. The number of nitrogens with one attached hydrogen (secondary N) is 2. The van der Waals surface area contributed by atoms with Crippen LogP contribution in [0.3, 0.4) is 0 Å². The number of halogens is 1. The summed E-state index contributed by atoms with van der Waals surface area (Å²) in [4.78, 5) is 43.2. The molecule has 4 rings (SSSR count). The molecule has 2 aromatic heterocycles. The van der Waals surface area contributed by atoms with E-state index in [4.69, 9.17) is 5.73 Å². The van der Waals surface area contributed by atoms with Crippen LogP contribution in [0.4, 0.5) is 4.39 Å². The number of amides is 2. The van der Waals surface area contributed by atoms with E-state index in [0.717, 1.165) is 6.42 Å². The first-order chi connectivity index (χ1) is 13.9. The third-order valence-corrected chi connectivity index (χ3v) is 5.00. The molecule has 1 unspecified atom stereocenters. The molecule has 0 aliphatic heterocycles. The second kappa shape index (κ2) is 7.34. The molecular weight excluding hydrogens is 377 g/mol. The van der Waals surface area contributed by atoms with Gasteiger partial charge in [0.25, 0.3) is 17.4 Å². The number of carbonyl (C=O) groups is 2. The first-order valence-electron chi connectivity index (χ1n) is 9.09. The molecule has 0 saturated carbocycles. The van der Waals surface area contributed by atoms with Crippen molar-refractivity contribution in [1.29, 1.82) is 0 Å². The zero-order valence-corrected chi connectivity index (χ0v) is 15.3. The molecular formula is C20H18FN5O3. The number of benzene rings is 1. The van der Waals surface area contributed by atoms with Gasteiger partial charge in [0, 0.05) is 11.4 Å². The Balaban J connectivity index is 1.64. The molecule has 0 saturated heterocycles. The molecule has 0 fully saturated rings. The number of fused-ring (bicyclic) bond motifs is 1. The molecule has 1 aromatic carbocycles. The van der Waals surface area contributed by atoms with Gasteiger partial charge in [-0.2, -0.15) is 0 Å². The van der Waals surface area contributed by atoms with E-state index in [1.807, 2.05) is 0 Å². The summed E-state index contributed by atoms with van der Waals surface area (Å²) in [6.07, 6.45) is 4.95. The lowest BCUT2D eigenvalue weighted by Crippen LogP contribution is -2.34. The minimum absolute atomic E-state index is 0.138. The van der Waals surface area contributed by atoms with E-state index in [1.165, 1.54) is 30.7 Å². The normalized spacial score (nSPS) is 15.6. The number of pyridine rings is 1. The molecule has 8 nitrogen and oxygen atoms in total. The number of rotatable bonds is 4. The number of imidazole rings is 1. The van der Waals surface area contributed by atoms with Gasteiger partial charge in [0.05, 0.1) is 18.6 Å². The van der Waals surface area contributed by atoms with Gasteiger partial charge in [0.15, 0.2) is 0 Å². The number of hydrogen-bond acceptors (Lipinski definition) is 4. The van der Waals surface area contributed by atoms with Crippen LogP contribution < -0.4 is 16.6 Å². The maximum atomic E-state index is 13.2. The van der Waals surface area contributed by atoms with E-state index < -0.39 is 17.5 Å². The second-order valence-electron chi connectivity index (χ2n) is 6.85. The fraction of sp³-hybridized carbons (Fsp3) is 0.200. The van der Waals surface area contributed by atoms with Gasteiger partial charge in [-0.15, -0.1) is 0 Å². The Kier molecular flexibility index (Phi) is 4.71. The molecule has 1 aliphatic rings. The van der Waals surface area contributed by atoms with Crippen molar-refractivity contribution in [3.05, 3.63) is 81.5 Å². The van der Waals surface area contributed by atoms with Crippen LogP contribution in [0.25, 0.3) is 5.69 Å². The summed E-state index contributed by atoms with van der Waals surface area (Å²) < 4.78 is 14.7. The van der Waals surface area contributed by atoms with Crippen LogP contribution in [0.15, 0.2) is 47.7 Å².